The number of anilines is 1. The van der Waals surface area contributed by atoms with Crippen LogP contribution in [-0.2, 0) is 4.79 Å². The second-order valence-electron chi connectivity index (χ2n) is 12.9. The molecule has 2 aromatic carbocycles. The van der Waals surface area contributed by atoms with Gasteiger partial charge in [0.1, 0.15) is 29.8 Å². The van der Waals surface area contributed by atoms with Gasteiger partial charge in [0.2, 0.25) is 0 Å². The zero-order valence-electron chi connectivity index (χ0n) is 25.3. The molecule has 4 aliphatic rings. The van der Waals surface area contributed by atoms with Gasteiger partial charge in [0.25, 0.3) is 5.91 Å². The van der Waals surface area contributed by atoms with E-state index in [-0.39, 0.29) is 41.8 Å². The van der Waals surface area contributed by atoms with Gasteiger partial charge in [0.05, 0.1) is 29.2 Å². The molecule has 9 nitrogen and oxygen atoms in total. The SMILES string of the molecule is C#Cc1cccc2cccc(-c3ncc4c(N5CC6CCC(C5)N6C(=O)C=N)nc(OCC56CCCN5CC(F)C6)nc4c3F)c12. The lowest BCUT2D eigenvalue weighted by atomic mass is 9.95. The number of carbonyl (C=O) groups is 1. The third-order valence-electron chi connectivity index (χ3n) is 10.3. The maximum Gasteiger partial charge on any atom is 0.319 e. The van der Waals surface area contributed by atoms with E-state index < -0.39 is 17.5 Å². The number of aromatic nitrogens is 3. The molecule has 0 saturated carbocycles. The predicted molar refractivity (Wildman–Crippen MR) is 171 cm³/mol. The zero-order valence-corrected chi connectivity index (χ0v) is 25.3. The first-order valence-corrected chi connectivity index (χ1v) is 15.8. The number of rotatable bonds is 6. The molecule has 11 heteroatoms. The van der Waals surface area contributed by atoms with Crippen LogP contribution in [0.25, 0.3) is 32.9 Å². The maximum absolute atomic E-state index is 16.8. The van der Waals surface area contributed by atoms with E-state index in [1.54, 1.807) is 17.2 Å². The van der Waals surface area contributed by atoms with Crippen molar-refractivity contribution in [2.24, 2.45) is 0 Å². The minimum Gasteiger partial charge on any atom is -0.461 e. The number of ether oxygens (including phenoxy) is 1. The number of terminal acetylenes is 1. The molecular weight excluding hydrogens is 588 g/mol. The Morgan fingerprint density at radius 1 is 1.15 bits per heavy atom. The van der Waals surface area contributed by atoms with Crippen molar-refractivity contribution in [3.8, 4) is 29.6 Å². The molecule has 1 N–H and O–H groups in total. The Kier molecular flexibility index (Phi) is 6.87. The quantitative estimate of drug-likeness (QED) is 0.245. The second kappa shape index (κ2) is 11.0. The number of nitrogens with zero attached hydrogens (tertiary/aromatic N) is 6. The molecule has 1 amide bonds. The number of amides is 1. The average Bonchev–Trinajstić information content (AvgIpc) is 3.69. The highest BCUT2D eigenvalue weighted by Gasteiger charge is 2.49. The number of piperazine rings is 1. The lowest BCUT2D eigenvalue weighted by Crippen LogP contribution is -2.56. The van der Waals surface area contributed by atoms with Crippen molar-refractivity contribution in [3.63, 3.8) is 0 Å². The summed E-state index contributed by atoms with van der Waals surface area (Å²) in [6.45, 7) is 2.37. The highest BCUT2D eigenvalue weighted by atomic mass is 19.1. The third-order valence-corrected chi connectivity index (χ3v) is 10.3. The first kappa shape index (κ1) is 28.8. The molecule has 0 aliphatic carbocycles. The van der Waals surface area contributed by atoms with Crippen LogP contribution in [0.1, 0.15) is 37.7 Å². The summed E-state index contributed by atoms with van der Waals surface area (Å²) in [5, 5.41) is 9.56. The molecule has 4 aliphatic heterocycles. The van der Waals surface area contributed by atoms with Gasteiger partial charge in [-0.2, -0.15) is 9.97 Å². The Labute approximate surface area is 265 Å². The minimum atomic E-state index is -0.910. The van der Waals surface area contributed by atoms with E-state index in [9.17, 15) is 9.18 Å². The van der Waals surface area contributed by atoms with E-state index in [4.69, 9.17) is 21.6 Å². The number of hydrogen-bond acceptors (Lipinski definition) is 8. The number of alkyl halides is 1. The van der Waals surface area contributed by atoms with Gasteiger partial charge in [-0.05, 0) is 43.7 Å². The summed E-state index contributed by atoms with van der Waals surface area (Å²) in [6, 6.07) is 11.0. The van der Waals surface area contributed by atoms with Crippen LogP contribution in [0.15, 0.2) is 42.6 Å². The summed E-state index contributed by atoms with van der Waals surface area (Å²) in [5.74, 6) is 2.28. The molecule has 234 valence electrons. The highest BCUT2D eigenvalue weighted by Crippen LogP contribution is 2.42. The summed E-state index contributed by atoms with van der Waals surface area (Å²) in [6.07, 6.45) is 11.2. The predicted octanol–water partition coefficient (Wildman–Crippen LogP) is 4.75. The molecule has 0 radical (unpaired) electrons. The smallest absolute Gasteiger partial charge is 0.319 e. The van der Waals surface area contributed by atoms with Gasteiger partial charge in [-0.1, -0.05) is 36.3 Å². The monoisotopic (exact) mass is 621 g/mol. The van der Waals surface area contributed by atoms with Crippen LogP contribution in [0.4, 0.5) is 14.6 Å². The van der Waals surface area contributed by atoms with Crippen LogP contribution in [0.5, 0.6) is 6.01 Å². The molecule has 4 unspecified atom stereocenters. The molecule has 0 spiro atoms. The lowest BCUT2D eigenvalue weighted by Gasteiger charge is -2.41. The van der Waals surface area contributed by atoms with E-state index in [0.29, 0.717) is 48.4 Å². The Balaban J connectivity index is 1.24. The van der Waals surface area contributed by atoms with E-state index in [2.05, 4.69) is 25.7 Å². The summed E-state index contributed by atoms with van der Waals surface area (Å²) in [4.78, 5) is 32.6. The normalized spacial score (nSPS) is 25.6. The van der Waals surface area contributed by atoms with Crippen molar-refractivity contribution >= 4 is 39.6 Å². The van der Waals surface area contributed by atoms with Crippen LogP contribution in [-0.4, -0.2) is 93.5 Å². The van der Waals surface area contributed by atoms with Gasteiger partial charge in [-0.25, -0.2) is 8.78 Å². The van der Waals surface area contributed by atoms with E-state index >= 15 is 4.39 Å². The zero-order chi connectivity index (χ0) is 31.6. The number of carbonyl (C=O) groups excluding carboxylic acids is 1. The fourth-order valence-electron chi connectivity index (χ4n) is 8.33. The summed E-state index contributed by atoms with van der Waals surface area (Å²) < 4.78 is 37.6. The number of halogens is 2. The molecule has 4 fully saturated rings. The molecule has 4 saturated heterocycles. The van der Waals surface area contributed by atoms with Gasteiger partial charge >= 0.3 is 6.01 Å². The van der Waals surface area contributed by atoms with Gasteiger partial charge in [-0.3, -0.25) is 14.7 Å². The Morgan fingerprint density at radius 3 is 2.70 bits per heavy atom. The molecule has 2 bridgehead atoms. The summed E-state index contributed by atoms with van der Waals surface area (Å²) in [5.41, 5.74) is 0.963. The number of fused-ring (bicyclic) bond motifs is 5. The van der Waals surface area contributed by atoms with E-state index in [1.165, 1.54) is 0 Å². The van der Waals surface area contributed by atoms with Crippen LogP contribution >= 0.6 is 0 Å². The molecule has 8 rings (SSSR count). The van der Waals surface area contributed by atoms with Gasteiger partial charge in [-0.15, -0.1) is 6.42 Å². The van der Waals surface area contributed by atoms with Crippen LogP contribution in [0.2, 0.25) is 0 Å². The van der Waals surface area contributed by atoms with Crippen molar-refractivity contribution in [1.29, 1.82) is 5.41 Å². The first-order chi connectivity index (χ1) is 22.4. The molecule has 4 aromatic rings. The molecule has 6 heterocycles. The minimum absolute atomic E-state index is 0.0228. The second-order valence-corrected chi connectivity index (χ2v) is 12.9. The summed E-state index contributed by atoms with van der Waals surface area (Å²) >= 11 is 0. The van der Waals surface area contributed by atoms with Gasteiger partial charge < -0.3 is 19.9 Å². The average molecular weight is 622 g/mol. The van der Waals surface area contributed by atoms with Crippen LogP contribution in [0, 0.1) is 23.6 Å². The van der Waals surface area contributed by atoms with E-state index in [0.717, 1.165) is 49.2 Å². The molecule has 46 heavy (non-hydrogen) atoms. The topological polar surface area (TPSA) is 98.5 Å². The van der Waals surface area contributed by atoms with Crippen molar-refractivity contribution in [3.05, 3.63) is 54.0 Å². The Hall–Kier alpha value is -4.69. The van der Waals surface area contributed by atoms with Crippen molar-refractivity contribution in [2.75, 3.05) is 37.7 Å². The number of pyridine rings is 1. The Bertz CT molecular complexity index is 1930. The fraction of sp³-hybridized carbons (Fsp3) is 0.400. The number of benzene rings is 2. The maximum atomic E-state index is 16.8. The van der Waals surface area contributed by atoms with Crippen molar-refractivity contribution < 1.29 is 18.3 Å². The molecular formula is C35H33F2N7O2. The number of hydrogen-bond donors (Lipinski definition) is 1. The van der Waals surface area contributed by atoms with Gasteiger partial charge in [0, 0.05) is 48.8 Å². The third kappa shape index (κ3) is 4.49. The molecule has 2 aromatic heterocycles. The van der Waals surface area contributed by atoms with Crippen molar-refractivity contribution in [1.82, 2.24) is 24.8 Å². The Morgan fingerprint density at radius 2 is 1.93 bits per heavy atom. The number of nitrogens with one attached hydrogen (secondary N) is 1. The van der Waals surface area contributed by atoms with Crippen molar-refractivity contribution in [2.45, 2.75) is 55.9 Å². The largest absolute Gasteiger partial charge is 0.461 e. The highest BCUT2D eigenvalue weighted by molar-refractivity contribution is 6.25. The summed E-state index contributed by atoms with van der Waals surface area (Å²) in [7, 11) is 0. The lowest BCUT2D eigenvalue weighted by molar-refractivity contribution is -0.126. The van der Waals surface area contributed by atoms with E-state index in [1.807, 2.05) is 30.3 Å². The van der Waals surface area contributed by atoms with Crippen LogP contribution < -0.4 is 9.64 Å². The van der Waals surface area contributed by atoms with Gasteiger partial charge in [0.15, 0.2) is 5.82 Å². The standard InChI is InChI=1S/C35H33F2N7O2/c1-2-21-6-3-7-22-8-4-9-26(29(21)22)31-30(37)32-27(16-39-31)33(42-18-24-10-11-25(19-42)44(24)28(45)15-38)41-34(40-32)46-20-35-12-5-13-43(35)17-23(36)14-35/h1,3-4,6-9,15-16,23-25,38H,5,10-14,17-20H2. The fourth-order valence-corrected chi connectivity index (χ4v) is 8.33. The molecule has 4 atom stereocenters. The van der Waals surface area contributed by atoms with Crippen LogP contribution in [0.3, 0.4) is 0 Å². The first-order valence-electron chi connectivity index (χ1n) is 15.8.